The number of pyridine rings is 1. The zero-order valence-electron chi connectivity index (χ0n) is 23.6. The van der Waals surface area contributed by atoms with Crippen LogP contribution in [0.1, 0.15) is 53.1 Å². The molecule has 2 saturated carbocycles. The summed E-state index contributed by atoms with van der Waals surface area (Å²) in [5.74, 6) is -0.573. The van der Waals surface area contributed by atoms with E-state index in [1.807, 2.05) is 0 Å². The molecule has 3 aromatic rings. The molecule has 0 saturated heterocycles. The summed E-state index contributed by atoms with van der Waals surface area (Å²) in [6, 6.07) is 8.71. The summed E-state index contributed by atoms with van der Waals surface area (Å²) in [7, 11) is -3.60. The largest absolute Gasteiger partial charge is 0.491 e. The number of esters is 1. The van der Waals surface area contributed by atoms with Crippen LogP contribution < -0.4 is 18.9 Å². The van der Waals surface area contributed by atoms with Crippen LogP contribution in [-0.4, -0.2) is 52.1 Å². The van der Waals surface area contributed by atoms with Gasteiger partial charge in [0.1, 0.15) is 12.4 Å². The normalized spacial score (nSPS) is 15.5. The molecule has 2 aromatic carbocycles. The molecule has 0 radical (unpaired) electrons. The number of rotatable bonds is 15. The lowest BCUT2D eigenvalue weighted by atomic mass is 9.92. The van der Waals surface area contributed by atoms with Gasteiger partial charge in [0.05, 0.1) is 40.8 Å². The SMILES string of the molecule is CS(=O)(=O)Nc1ccc(C(=O)OCC(c2ccc(OC(F)F)c(OCC3CC3)c2)c2c(Cl)cncc2Cl)cc1OCC1CC1. The Morgan fingerprint density at radius 3 is 2.18 bits per heavy atom. The van der Waals surface area contributed by atoms with Gasteiger partial charge in [-0.3, -0.25) is 9.71 Å². The maximum atomic E-state index is 13.3. The summed E-state index contributed by atoms with van der Waals surface area (Å²) in [6.45, 7) is -2.58. The van der Waals surface area contributed by atoms with Crippen molar-refractivity contribution in [3.63, 3.8) is 0 Å². The number of benzene rings is 2. The van der Waals surface area contributed by atoms with Gasteiger partial charge in [-0.25, -0.2) is 13.2 Å². The standard InChI is InChI=1S/C30H30Cl2F2N2O7S/c1-44(38,39)36-24-8-6-20(11-26(24)40-14-17-2-3-17)29(37)42-16-21(28-22(31)12-35-13-23(28)32)19-7-9-25(43-30(33)34)27(10-19)41-15-18-4-5-18/h6-13,17-18,21,30,36H,2-5,14-16H2,1H3. The van der Waals surface area contributed by atoms with E-state index in [0.717, 1.165) is 31.9 Å². The van der Waals surface area contributed by atoms with E-state index in [0.29, 0.717) is 36.2 Å². The van der Waals surface area contributed by atoms with Gasteiger partial charge in [-0.2, -0.15) is 8.78 Å². The number of nitrogens with one attached hydrogen (secondary N) is 1. The van der Waals surface area contributed by atoms with E-state index in [1.54, 1.807) is 12.1 Å². The number of sulfonamides is 1. The van der Waals surface area contributed by atoms with Crippen LogP contribution in [0.15, 0.2) is 48.8 Å². The Hall–Kier alpha value is -3.35. The third-order valence-corrected chi connectivity index (χ3v) is 8.25. The molecule has 9 nitrogen and oxygen atoms in total. The number of hydrogen-bond donors (Lipinski definition) is 1. The van der Waals surface area contributed by atoms with Gasteiger partial charge < -0.3 is 18.9 Å². The van der Waals surface area contributed by atoms with Crippen LogP contribution in [0.5, 0.6) is 17.2 Å². The second-order valence-corrected chi connectivity index (χ2v) is 13.4. The Kier molecular flexibility index (Phi) is 10.0. The first-order chi connectivity index (χ1) is 21.0. The van der Waals surface area contributed by atoms with Crippen LogP contribution in [0, 0.1) is 11.8 Å². The quantitative estimate of drug-likeness (QED) is 0.173. The van der Waals surface area contributed by atoms with Gasteiger partial charge in [-0.1, -0.05) is 29.3 Å². The number of aromatic nitrogens is 1. The van der Waals surface area contributed by atoms with Crippen LogP contribution >= 0.6 is 23.2 Å². The number of hydrogen-bond acceptors (Lipinski definition) is 8. The topological polar surface area (TPSA) is 113 Å². The fourth-order valence-electron chi connectivity index (χ4n) is 4.43. The minimum atomic E-state index is -3.60. The summed E-state index contributed by atoms with van der Waals surface area (Å²) < 4.78 is 74.4. The predicted molar refractivity (Wildman–Crippen MR) is 161 cm³/mol. The molecular formula is C30H30Cl2F2N2O7S. The van der Waals surface area contributed by atoms with Crippen molar-refractivity contribution in [3.05, 3.63) is 75.5 Å². The molecule has 2 fully saturated rings. The predicted octanol–water partition coefficient (Wildman–Crippen LogP) is 6.93. The number of carbonyl (C=O) groups is 1. The van der Waals surface area contributed by atoms with Crippen LogP contribution in [0.2, 0.25) is 10.0 Å². The van der Waals surface area contributed by atoms with E-state index in [2.05, 4.69) is 14.4 Å². The van der Waals surface area contributed by atoms with Crippen LogP contribution in [0.25, 0.3) is 0 Å². The molecule has 2 aliphatic rings. The zero-order chi connectivity index (χ0) is 31.4. The zero-order valence-corrected chi connectivity index (χ0v) is 25.9. The Morgan fingerprint density at radius 2 is 1.59 bits per heavy atom. The molecular weight excluding hydrogens is 641 g/mol. The van der Waals surface area contributed by atoms with E-state index in [-0.39, 0.29) is 45.2 Å². The van der Waals surface area contributed by atoms with Crippen molar-refractivity contribution in [2.75, 3.05) is 30.8 Å². The van der Waals surface area contributed by atoms with Crippen LogP contribution in [-0.2, 0) is 14.8 Å². The Morgan fingerprint density at radius 1 is 0.955 bits per heavy atom. The van der Waals surface area contributed by atoms with Crippen molar-refractivity contribution in [1.82, 2.24) is 4.98 Å². The Bertz CT molecular complexity index is 1600. The number of alkyl halides is 2. The molecule has 1 atom stereocenters. The minimum Gasteiger partial charge on any atom is -0.491 e. The lowest BCUT2D eigenvalue weighted by Crippen LogP contribution is -2.16. The van der Waals surface area contributed by atoms with Gasteiger partial charge in [0, 0.05) is 23.9 Å². The average molecular weight is 672 g/mol. The Labute approximate surface area is 263 Å². The first-order valence-corrected chi connectivity index (χ1v) is 16.5. The molecule has 5 rings (SSSR count). The van der Waals surface area contributed by atoms with Crippen molar-refractivity contribution in [3.8, 4) is 17.2 Å². The highest BCUT2D eigenvalue weighted by atomic mass is 35.5. The van der Waals surface area contributed by atoms with Gasteiger partial charge >= 0.3 is 12.6 Å². The molecule has 1 aromatic heterocycles. The summed E-state index contributed by atoms with van der Waals surface area (Å²) in [5.41, 5.74) is 1.24. The Balaban J connectivity index is 1.42. The van der Waals surface area contributed by atoms with Crippen LogP contribution in [0.3, 0.4) is 0 Å². The van der Waals surface area contributed by atoms with E-state index in [1.165, 1.54) is 36.7 Å². The fraction of sp³-hybridized carbons (Fsp3) is 0.400. The van der Waals surface area contributed by atoms with Gasteiger partial charge in [0.25, 0.3) is 0 Å². The maximum absolute atomic E-state index is 13.3. The molecule has 14 heteroatoms. The molecule has 0 amide bonds. The third kappa shape index (κ3) is 8.86. The number of ether oxygens (including phenoxy) is 4. The number of anilines is 1. The van der Waals surface area contributed by atoms with Crippen LogP contribution in [0.4, 0.5) is 14.5 Å². The lowest BCUT2D eigenvalue weighted by molar-refractivity contribution is -0.0515. The highest BCUT2D eigenvalue weighted by molar-refractivity contribution is 7.92. The summed E-state index contributed by atoms with van der Waals surface area (Å²) in [5, 5.41) is 0.415. The van der Waals surface area contributed by atoms with Crippen molar-refractivity contribution in [2.45, 2.75) is 38.2 Å². The van der Waals surface area contributed by atoms with Gasteiger partial charge in [-0.05, 0) is 73.4 Å². The first kappa shape index (κ1) is 32.1. The molecule has 236 valence electrons. The molecule has 0 bridgehead atoms. The van der Waals surface area contributed by atoms with Crippen molar-refractivity contribution in [2.24, 2.45) is 11.8 Å². The van der Waals surface area contributed by atoms with Gasteiger partial charge in [0.15, 0.2) is 11.5 Å². The molecule has 44 heavy (non-hydrogen) atoms. The molecule has 0 aliphatic heterocycles. The minimum absolute atomic E-state index is 0.110. The summed E-state index contributed by atoms with van der Waals surface area (Å²) in [4.78, 5) is 17.3. The number of carbonyl (C=O) groups excluding carboxylic acids is 1. The lowest BCUT2D eigenvalue weighted by Gasteiger charge is -2.22. The smallest absolute Gasteiger partial charge is 0.387 e. The molecule has 2 aliphatic carbocycles. The second-order valence-electron chi connectivity index (χ2n) is 10.8. The first-order valence-electron chi connectivity index (χ1n) is 13.9. The fourth-order valence-corrected chi connectivity index (χ4v) is 5.62. The van der Waals surface area contributed by atoms with Crippen molar-refractivity contribution >= 4 is 44.9 Å². The summed E-state index contributed by atoms with van der Waals surface area (Å²) in [6.07, 6.45) is 7.82. The third-order valence-electron chi connectivity index (χ3n) is 7.06. The monoisotopic (exact) mass is 670 g/mol. The maximum Gasteiger partial charge on any atom is 0.387 e. The van der Waals surface area contributed by atoms with Gasteiger partial charge in [-0.15, -0.1) is 0 Å². The van der Waals surface area contributed by atoms with E-state index in [4.69, 9.17) is 37.4 Å². The highest BCUT2D eigenvalue weighted by Gasteiger charge is 2.27. The average Bonchev–Trinajstić information content (AvgIpc) is 3.88. The van der Waals surface area contributed by atoms with E-state index in [9.17, 15) is 22.0 Å². The molecule has 1 unspecified atom stereocenters. The number of nitrogens with zero attached hydrogens (tertiary/aromatic N) is 1. The van der Waals surface area contributed by atoms with Crippen molar-refractivity contribution in [1.29, 1.82) is 0 Å². The van der Waals surface area contributed by atoms with E-state index >= 15 is 0 Å². The summed E-state index contributed by atoms with van der Waals surface area (Å²) >= 11 is 13.0. The van der Waals surface area contributed by atoms with E-state index < -0.39 is 28.5 Å². The molecule has 1 heterocycles. The van der Waals surface area contributed by atoms with Crippen molar-refractivity contribution < 1.29 is 40.9 Å². The molecule has 0 spiro atoms. The highest BCUT2D eigenvalue weighted by Crippen LogP contribution is 2.40. The van der Waals surface area contributed by atoms with Gasteiger partial charge in [0.2, 0.25) is 10.0 Å². The molecule has 1 N–H and O–H groups in total. The number of halogens is 4. The second kappa shape index (κ2) is 13.7.